The first-order valence-corrected chi connectivity index (χ1v) is 11.8. The van der Waals surface area contributed by atoms with Gasteiger partial charge in [0, 0.05) is 0 Å². The highest BCUT2D eigenvalue weighted by Gasteiger charge is 2.18. The first-order chi connectivity index (χ1) is 30.3. The van der Waals surface area contributed by atoms with E-state index in [1.165, 1.54) is 0 Å². The molecule has 8 aromatic rings. The highest BCUT2D eigenvalue weighted by molar-refractivity contribution is 6.23. The Bertz CT molecular complexity index is 3580. The first kappa shape index (κ1) is 8.91. The van der Waals surface area contributed by atoms with E-state index in [0.717, 1.165) is 6.07 Å². The van der Waals surface area contributed by atoms with E-state index in [9.17, 15) is 9.60 Å². The van der Waals surface area contributed by atoms with Crippen LogP contribution in [0.1, 0.15) is 34.3 Å². The van der Waals surface area contributed by atoms with Crippen LogP contribution in [-0.4, -0.2) is 0 Å². The molecule has 8 rings (SSSR count). The van der Waals surface area contributed by atoms with E-state index in [2.05, 4.69) is 0 Å². The molecule has 0 spiro atoms. The molecule has 0 saturated heterocycles. The Kier molecular flexibility index (Phi) is 2.05. The summed E-state index contributed by atoms with van der Waals surface area (Å²) in [7, 11) is 0. The monoisotopic (exact) mass is 531 g/mol. The van der Waals surface area contributed by atoms with Gasteiger partial charge in [0.15, 0.2) is 0 Å². The molecule has 0 radical (unpaired) electrons. The van der Waals surface area contributed by atoms with Crippen molar-refractivity contribution in [2.24, 2.45) is 0 Å². The Morgan fingerprint density at radius 2 is 0.800 bits per heavy atom. The number of benzene rings is 8. The lowest BCUT2D eigenvalue weighted by molar-refractivity contribution is 1.63. The van der Waals surface area contributed by atoms with Crippen molar-refractivity contribution in [1.29, 1.82) is 0 Å². The summed E-state index contributed by atoms with van der Waals surface area (Å²) in [4.78, 5) is 0. The highest BCUT2D eigenvalue weighted by atomic mass is 14.2. The van der Waals surface area contributed by atoms with Crippen molar-refractivity contribution in [2.45, 2.75) is 0 Å². The standard InChI is InChI=1S/C40H26/c1-3-18-31-27(12-1)14-10-24-33(31)29-16-9-17-30(26-29)39-35-20-5-7-22-37(35)40(38-23-8-6-21-36(38)39)34-25-11-15-28-13-2-4-19-32(28)34/h1-26H/i1D,2D,3D,4D,5D,6D,7D,9D,10D,11D,12D,13D,14D,15D,16D,17D,18D,19D,20D,21D,22D,23D,24D,25D,26D. The molecule has 0 amide bonds. The van der Waals surface area contributed by atoms with Crippen LogP contribution >= 0.6 is 0 Å². The van der Waals surface area contributed by atoms with Crippen LogP contribution in [0.25, 0.3) is 76.5 Å². The van der Waals surface area contributed by atoms with E-state index in [-0.39, 0.29) is 0 Å². The van der Waals surface area contributed by atoms with E-state index in [0.29, 0.717) is 0 Å². The quantitative estimate of drug-likeness (QED) is 0.199. The minimum Gasteiger partial charge on any atom is -0.0616 e. The van der Waals surface area contributed by atoms with Crippen molar-refractivity contribution in [3.63, 3.8) is 0 Å². The van der Waals surface area contributed by atoms with Crippen LogP contribution in [0.2, 0.25) is 0 Å². The number of hydrogen-bond acceptors (Lipinski definition) is 0. The highest BCUT2D eigenvalue weighted by Crippen LogP contribution is 2.45. The lowest BCUT2D eigenvalue weighted by atomic mass is 9.84. The molecule has 0 nitrogen and oxygen atoms in total. The van der Waals surface area contributed by atoms with E-state index < -0.39 is 228 Å². The second-order valence-electron chi connectivity index (χ2n) is 8.56. The summed E-state index contributed by atoms with van der Waals surface area (Å²) in [6, 6.07) is -21.2. The average Bonchev–Trinajstić information content (AvgIpc) is 3.26. The van der Waals surface area contributed by atoms with E-state index in [1.807, 2.05) is 0 Å². The maximum atomic E-state index is 9.76. The largest absolute Gasteiger partial charge is 0.0636 e. The van der Waals surface area contributed by atoms with Gasteiger partial charge in [-0.05, 0) is 82.5 Å². The van der Waals surface area contributed by atoms with E-state index >= 15 is 0 Å². The summed E-state index contributed by atoms with van der Waals surface area (Å²) >= 11 is 0. The van der Waals surface area contributed by atoms with Crippen LogP contribution in [0.3, 0.4) is 0 Å². The maximum Gasteiger partial charge on any atom is 0.0636 e. The molecule has 186 valence electrons. The number of hydrogen-bond donors (Lipinski definition) is 0. The normalized spacial score (nSPS) is 20.2. The molecule has 0 aliphatic carbocycles. The molecule has 0 aliphatic heterocycles. The molecule has 0 fully saturated rings. The van der Waals surface area contributed by atoms with Gasteiger partial charge in [-0.25, -0.2) is 0 Å². The van der Waals surface area contributed by atoms with Gasteiger partial charge in [-0.15, -0.1) is 0 Å². The van der Waals surface area contributed by atoms with Crippen molar-refractivity contribution in [2.75, 3.05) is 0 Å². The maximum absolute atomic E-state index is 9.76. The molecular formula is C40H26. The molecule has 40 heavy (non-hydrogen) atoms. The van der Waals surface area contributed by atoms with Crippen molar-refractivity contribution >= 4 is 43.1 Å². The molecule has 0 unspecified atom stereocenters. The fourth-order valence-electron chi connectivity index (χ4n) is 4.77. The third-order valence-electron chi connectivity index (χ3n) is 6.42. The summed E-state index contributed by atoms with van der Waals surface area (Å²) in [6.07, 6.45) is 0. The van der Waals surface area contributed by atoms with Gasteiger partial charge in [-0.3, -0.25) is 0 Å². The van der Waals surface area contributed by atoms with Gasteiger partial charge >= 0.3 is 0 Å². The third-order valence-corrected chi connectivity index (χ3v) is 6.42. The molecule has 0 heterocycles. The molecule has 0 aromatic heterocycles. The zero-order chi connectivity index (χ0) is 48.2. The zero-order valence-corrected chi connectivity index (χ0v) is 20.1. The van der Waals surface area contributed by atoms with Crippen LogP contribution in [0.15, 0.2) is 157 Å². The van der Waals surface area contributed by atoms with Gasteiger partial charge in [0.2, 0.25) is 0 Å². The third kappa shape index (κ3) is 3.54. The van der Waals surface area contributed by atoms with Gasteiger partial charge in [0.25, 0.3) is 0 Å². The van der Waals surface area contributed by atoms with Gasteiger partial charge in [0.05, 0.1) is 34.3 Å². The summed E-state index contributed by atoms with van der Waals surface area (Å²) in [5.74, 6) is 0. The summed E-state index contributed by atoms with van der Waals surface area (Å²) in [5.41, 5.74) is -4.24. The molecule has 8 aromatic carbocycles. The van der Waals surface area contributed by atoms with Crippen LogP contribution in [-0.2, 0) is 0 Å². The van der Waals surface area contributed by atoms with Crippen LogP contribution in [0.5, 0.6) is 0 Å². The fraction of sp³-hybridized carbons (Fsp3) is 0. The van der Waals surface area contributed by atoms with Crippen LogP contribution in [0.4, 0.5) is 0 Å². The van der Waals surface area contributed by atoms with Crippen molar-refractivity contribution < 1.29 is 34.3 Å². The predicted molar refractivity (Wildman–Crippen MR) is 173 cm³/mol. The molecule has 0 heteroatoms. The Balaban J connectivity index is 1.75. The molecule has 0 saturated carbocycles. The molecule has 0 N–H and O–H groups in total. The van der Waals surface area contributed by atoms with Crippen molar-refractivity contribution in [3.8, 4) is 33.4 Å². The Hall–Kier alpha value is -5.20. The minimum atomic E-state index is -1.04. The van der Waals surface area contributed by atoms with Gasteiger partial charge in [-0.1, -0.05) is 151 Å². The SMILES string of the molecule is [2H]c1cc([2H])c2c(-c3c([2H])c([2H])c([2H])c4c([2H])c([2H])c([2H])c([2H])c34)c3c([2H])c([2H])c([2H])c([2H])c3c(-c3c([2H])c([2H])c([2H])c(-c4c([2H])c([2H])c([2H])c5c([2H])c([2H])c([2H])c([2H])c45)c3[2H])c2c1[2H]. The second-order valence-corrected chi connectivity index (χ2v) is 8.56. The summed E-state index contributed by atoms with van der Waals surface area (Å²) in [6.45, 7) is 0. The lowest BCUT2D eigenvalue weighted by Gasteiger charge is -2.19. The lowest BCUT2D eigenvalue weighted by Crippen LogP contribution is -1.92. The molecule has 0 atom stereocenters. The van der Waals surface area contributed by atoms with Gasteiger partial charge in [0.1, 0.15) is 0 Å². The Labute approximate surface area is 268 Å². The summed E-state index contributed by atoms with van der Waals surface area (Å²) in [5, 5.41) is -4.90. The topological polar surface area (TPSA) is 0 Å². The number of rotatable bonds is 3. The van der Waals surface area contributed by atoms with Gasteiger partial charge in [-0.2, -0.15) is 0 Å². The zero-order valence-electron chi connectivity index (χ0n) is 45.1. The average molecular weight is 532 g/mol. The summed E-state index contributed by atoms with van der Waals surface area (Å²) < 4.78 is 222. The molecule has 0 bridgehead atoms. The molecular weight excluding hydrogens is 480 g/mol. The van der Waals surface area contributed by atoms with E-state index in [1.54, 1.807) is 0 Å². The smallest absolute Gasteiger partial charge is 0.0616 e. The predicted octanol–water partition coefficient (Wildman–Crippen LogP) is 11.3. The molecule has 0 aliphatic rings. The minimum absolute atomic E-state index is 0.563. The Morgan fingerprint density at radius 1 is 0.325 bits per heavy atom. The van der Waals surface area contributed by atoms with Crippen molar-refractivity contribution in [1.82, 2.24) is 0 Å². The van der Waals surface area contributed by atoms with E-state index in [4.69, 9.17) is 24.7 Å². The number of fused-ring (bicyclic) bond motifs is 4. The second kappa shape index (κ2) is 9.22. The van der Waals surface area contributed by atoms with Crippen LogP contribution in [0, 0.1) is 0 Å². The van der Waals surface area contributed by atoms with Crippen LogP contribution < -0.4 is 0 Å². The Morgan fingerprint density at radius 3 is 1.52 bits per heavy atom. The van der Waals surface area contributed by atoms with Crippen molar-refractivity contribution in [3.05, 3.63) is 157 Å². The fourth-order valence-corrected chi connectivity index (χ4v) is 4.77. The first-order valence-electron chi connectivity index (χ1n) is 24.3. The van der Waals surface area contributed by atoms with Gasteiger partial charge < -0.3 is 0 Å².